The molecule has 3 aromatic rings. The number of hydrazone groups is 2. The Hall–Kier alpha value is -4.99. The summed E-state index contributed by atoms with van der Waals surface area (Å²) in [7, 11) is 3.38. The van der Waals surface area contributed by atoms with Gasteiger partial charge in [-0.25, -0.2) is 10.9 Å². The predicted octanol–water partition coefficient (Wildman–Crippen LogP) is 4.50. The molecule has 10 nitrogen and oxygen atoms in total. The summed E-state index contributed by atoms with van der Waals surface area (Å²) in [6, 6.07) is 21.8. The highest BCUT2D eigenvalue weighted by atomic mass is 16.5. The van der Waals surface area contributed by atoms with Crippen LogP contribution >= 0.6 is 0 Å². The molecule has 10 heteroatoms. The Bertz CT molecular complexity index is 1200. The fourth-order valence-electron chi connectivity index (χ4n) is 3.11. The summed E-state index contributed by atoms with van der Waals surface area (Å²) in [6.45, 7) is 4.65. The van der Waals surface area contributed by atoms with E-state index < -0.39 is 11.8 Å². The van der Waals surface area contributed by atoms with Gasteiger partial charge >= 0.3 is 0 Å². The van der Waals surface area contributed by atoms with Crippen LogP contribution in [0.2, 0.25) is 0 Å². The maximum Gasteiger partial charge on any atom is 0.275 e. The topological polar surface area (TPSA) is 122 Å². The zero-order chi connectivity index (χ0) is 29.9. The van der Waals surface area contributed by atoms with Crippen LogP contribution in [0.25, 0.3) is 0 Å². The van der Waals surface area contributed by atoms with Crippen molar-refractivity contribution in [2.75, 3.05) is 27.3 Å². The van der Waals surface area contributed by atoms with E-state index in [0.29, 0.717) is 13.2 Å². The van der Waals surface area contributed by atoms with Crippen molar-refractivity contribution in [2.24, 2.45) is 10.2 Å². The molecule has 0 atom stereocenters. The molecule has 216 valence electrons. The fourth-order valence-corrected chi connectivity index (χ4v) is 3.11. The van der Waals surface area contributed by atoms with Crippen molar-refractivity contribution in [1.29, 1.82) is 0 Å². The molecule has 0 spiro atoms. The number of carbonyl (C=O) groups excluding carboxylic acids is 3. The minimum absolute atomic E-state index is 0.212. The van der Waals surface area contributed by atoms with Crippen LogP contribution in [0.1, 0.15) is 58.5 Å². The summed E-state index contributed by atoms with van der Waals surface area (Å²) in [5, 5.41) is 8.08. The van der Waals surface area contributed by atoms with Gasteiger partial charge in [0.25, 0.3) is 11.8 Å². The van der Waals surface area contributed by atoms with Gasteiger partial charge in [0.1, 0.15) is 11.5 Å². The van der Waals surface area contributed by atoms with Crippen LogP contribution in [0.15, 0.2) is 83.0 Å². The van der Waals surface area contributed by atoms with E-state index >= 15 is 0 Å². The van der Waals surface area contributed by atoms with Crippen molar-refractivity contribution in [3.05, 3.63) is 95.1 Å². The minimum atomic E-state index is -0.483. The SMILES string of the molecule is CCCOc1cc(C(=O)N/N=C/c2ccccc2)c(OCCC)cc1C(=O)N/N=C/c1ccccc1.CN(C)C=O. The molecule has 0 saturated carbocycles. The number of amides is 3. The zero-order valence-electron chi connectivity index (χ0n) is 23.9. The third-order valence-electron chi connectivity index (χ3n) is 5.06. The lowest BCUT2D eigenvalue weighted by atomic mass is 10.1. The molecule has 0 unspecified atom stereocenters. The van der Waals surface area contributed by atoms with E-state index in [-0.39, 0.29) is 22.6 Å². The minimum Gasteiger partial charge on any atom is -0.493 e. The molecular weight excluding hydrogens is 522 g/mol. The summed E-state index contributed by atoms with van der Waals surface area (Å²) in [4.78, 5) is 36.8. The first kappa shape index (κ1) is 32.2. The number of rotatable bonds is 13. The first-order valence-corrected chi connectivity index (χ1v) is 13.2. The maximum absolute atomic E-state index is 13.0. The van der Waals surface area contributed by atoms with E-state index in [9.17, 15) is 14.4 Å². The number of nitrogens with one attached hydrogen (secondary N) is 2. The number of benzene rings is 3. The van der Waals surface area contributed by atoms with Crippen LogP contribution in [0, 0.1) is 0 Å². The Labute approximate surface area is 241 Å². The van der Waals surface area contributed by atoms with Crippen molar-refractivity contribution < 1.29 is 23.9 Å². The average molecular weight is 560 g/mol. The van der Waals surface area contributed by atoms with Crippen LogP contribution in [0.5, 0.6) is 11.5 Å². The molecule has 0 aliphatic heterocycles. The van der Waals surface area contributed by atoms with Gasteiger partial charge in [0.15, 0.2) is 0 Å². The fraction of sp³-hybridized carbons (Fsp3) is 0.258. The van der Waals surface area contributed by atoms with Crippen LogP contribution in [-0.4, -0.2) is 62.9 Å². The van der Waals surface area contributed by atoms with Gasteiger partial charge in [-0.05, 0) is 36.1 Å². The zero-order valence-corrected chi connectivity index (χ0v) is 23.9. The Morgan fingerprint density at radius 1 is 0.732 bits per heavy atom. The lowest BCUT2D eigenvalue weighted by Crippen LogP contribution is -2.22. The molecule has 41 heavy (non-hydrogen) atoms. The Balaban J connectivity index is 0.00000108. The number of hydrogen-bond acceptors (Lipinski definition) is 7. The number of carbonyl (C=O) groups is 3. The van der Waals surface area contributed by atoms with Crippen molar-refractivity contribution in [3.8, 4) is 11.5 Å². The lowest BCUT2D eigenvalue weighted by molar-refractivity contribution is -0.115. The Morgan fingerprint density at radius 3 is 1.41 bits per heavy atom. The lowest BCUT2D eigenvalue weighted by Gasteiger charge is -2.16. The smallest absolute Gasteiger partial charge is 0.275 e. The van der Waals surface area contributed by atoms with E-state index in [4.69, 9.17) is 9.47 Å². The van der Waals surface area contributed by atoms with Gasteiger partial charge in [-0.2, -0.15) is 10.2 Å². The Morgan fingerprint density at radius 2 is 1.10 bits per heavy atom. The summed E-state index contributed by atoms with van der Waals surface area (Å²) >= 11 is 0. The van der Waals surface area contributed by atoms with Crippen LogP contribution in [0.3, 0.4) is 0 Å². The largest absolute Gasteiger partial charge is 0.493 e. The standard InChI is InChI=1S/C28H30N4O4.C3H7NO/c1-3-15-35-25-17-24(28(34)32-30-20-22-13-9-6-10-14-22)26(36-16-4-2)18-23(25)27(33)31-29-19-21-11-7-5-8-12-21;1-4(2)3-5/h5-14,17-20H,3-4,15-16H2,1-2H3,(H,31,33)(H,32,34);3H,1-2H3/b29-19+,30-20+;. The number of ether oxygens (including phenoxy) is 2. The highest BCUT2D eigenvalue weighted by molar-refractivity contribution is 6.02. The van der Waals surface area contributed by atoms with Crippen LogP contribution in [0.4, 0.5) is 0 Å². The van der Waals surface area contributed by atoms with Gasteiger partial charge in [0, 0.05) is 14.1 Å². The molecule has 0 aliphatic rings. The highest BCUT2D eigenvalue weighted by Crippen LogP contribution is 2.30. The molecular formula is C31H37N5O5. The van der Waals surface area contributed by atoms with Crippen molar-refractivity contribution in [1.82, 2.24) is 15.8 Å². The monoisotopic (exact) mass is 559 g/mol. The summed E-state index contributed by atoms with van der Waals surface area (Å²) in [6.07, 6.45) is 5.30. The first-order valence-electron chi connectivity index (χ1n) is 13.2. The molecule has 2 N–H and O–H groups in total. The van der Waals surface area contributed by atoms with Crippen LogP contribution < -0.4 is 20.3 Å². The van der Waals surface area contributed by atoms with Gasteiger partial charge in [0.05, 0.1) is 36.8 Å². The molecule has 0 fully saturated rings. The van der Waals surface area contributed by atoms with Gasteiger partial charge in [-0.15, -0.1) is 0 Å². The normalized spacial score (nSPS) is 10.4. The quantitative estimate of drug-likeness (QED) is 0.182. The maximum atomic E-state index is 13.0. The van der Waals surface area contributed by atoms with Gasteiger partial charge in [0.2, 0.25) is 6.41 Å². The summed E-state index contributed by atoms with van der Waals surface area (Å²) < 4.78 is 11.6. The van der Waals surface area contributed by atoms with Crippen molar-refractivity contribution in [2.45, 2.75) is 26.7 Å². The highest BCUT2D eigenvalue weighted by Gasteiger charge is 2.21. The van der Waals surface area contributed by atoms with E-state index in [1.807, 2.05) is 74.5 Å². The van der Waals surface area contributed by atoms with Crippen LogP contribution in [-0.2, 0) is 4.79 Å². The molecule has 0 saturated heterocycles. The van der Waals surface area contributed by atoms with E-state index in [0.717, 1.165) is 30.4 Å². The summed E-state index contributed by atoms with van der Waals surface area (Å²) in [5.41, 5.74) is 7.15. The molecule has 0 heterocycles. The molecule has 0 radical (unpaired) electrons. The van der Waals surface area contributed by atoms with E-state index in [1.54, 1.807) is 26.5 Å². The second kappa shape index (κ2) is 18.3. The second-order valence-corrected chi connectivity index (χ2v) is 8.83. The van der Waals surface area contributed by atoms with Gasteiger partial charge in [-0.3, -0.25) is 14.4 Å². The number of nitrogens with zero attached hydrogens (tertiary/aromatic N) is 3. The van der Waals surface area contributed by atoms with E-state index in [1.165, 1.54) is 17.0 Å². The first-order chi connectivity index (χ1) is 19.9. The molecule has 3 rings (SSSR count). The molecule has 0 bridgehead atoms. The predicted molar refractivity (Wildman–Crippen MR) is 161 cm³/mol. The Kier molecular flexibility index (Phi) is 14.4. The van der Waals surface area contributed by atoms with Gasteiger partial charge < -0.3 is 14.4 Å². The third-order valence-corrected chi connectivity index (χ3v) is 5.06. The molecule has 0 aromatic heterocycles. The molecule has 3 amide bonds. The number of hydrogen-bond donors (Lipinski definition) is 2. The van der Waals surface area contributed by atoms with Gasteiger partial charge in [-0.1, -0.05) is 74.5 Å². The third kappa shape index (κ3) is 11.7. The molecule has 0 aliphatic carbocycles. The molecule has 3 aromatic carbocycles. The van der Waals surface area contributed by atoms with Crippen molar-refractivity contribution >= 4 is 30.7 Å². The average Bonchev–Trinajstić information content (AvgIpc) is 3.00. The second-order valence-electron chi connectivity index (χ2n) is 8.83. The van der Waals surface area contributed by atoms with Crippen molar-refractivity contribution in [3.63, 3.8) is 0 Å². The summed E-state index contributed by atoms with van der Waals surface area (Å²) in [5.74, 6) is -0.456. The van der Waals surface area contributed by atoms with E-state index in [2.05, 4.69) is 21.1 Å².